The van der Waals surface area contributed by atoms with Crippen molar-refractivity contribution < 1.29 is 0 Å². The number of nitrogens with two attached hydrogens (primary N) is 1. The van der Waals surface area contributed by atoms with E-state index in [9.17, 15) is 0 Å². The number of rotatable bonds is 2. The van der Waals surface area contributed by atoms with E-state index in [0.29, 0.717) is 0 Å². The summed E-state index contributed by atoms with van der Waals surface area (Å²) in [5.41, 5.74) is 6.98. The van der Waals surface area contributed by atoms with Crippen LogP contribution < -0.4 is 5.73 Å². The molecule has 0 saturated carbocycles. The van der Waals surface area contributed by atoms with Crippen molar-refractivity contribution in [2.75, 3.05) is 0 Å². The van der Waals surface area contributed by atoms with Gasteiger partial charge in [-0.25, -0.2) is 0 Å². The Morgan fingerprint density at radius 3 is 2.46 bits per heavy atom. The van der Waals surface area contributed by atoms with Gasteiger partial charge in [-0.1, -0.05) is 11.6 Å². The van der Waals surface area contributed by atoms with E-state index in [1.165, 1.54) is 0 Å². The molecule has 0 aliphatic carbocycles. The van der Waals surface area contributed by atoms with Gasteiger partial charge in [0.25, 0.3) is 0 Å². The molecule has 0 fully saturated rings. The molecule has 2 N–H and O–H groups in total. The molecular weight excluding hydrogens is 202 g/mol. The minimum absolute atomic E-state index is 0.236. The van der Waals surface area contributed by atoms with Crippen LogP contribution >= 0.6 is 23.4 Å². The van der Waals surface area contributed by atoms with Gasteiger partial charge in [0, 0.05) is 9.92 Å². The Morgan fingerprint density at radius 1 is 1.38 bits per heavy atom. The Balaban J connectivity index is 2.86. The summed E-state index contributed by atoms with van der Waals surface area (Å²) in [5, 5.41) is 0.805. The number of halogens is 1. The highest BCUT2D eigenvalue weighted by Gasteiger charge is 2.12. The van der Waals surface area contributed by atoms with Crippen LogP contribution in [0.2, 0.25) is 5.02 Å². The molecule has 0 unspecified atom stereocenters. The lowest BCUT2D eigenvalue weighted by molar-refractivity contribution is 0.758. The maximum atomic E-state index is 5.91. The molecule has 0 heterocycles. The van der Waals surface area contributed by atoms with E-state index in [-0.39, 0.29) is 4.87 Å². The van der Waals surface area contributed by atoms with E-state index >= 15 is 0 Å². The highest BCUT2D eigenvalue weighted by molar-refractivity contribution is 8.00. The minimum atomic E-state index is -0.236. The number of aryl methyl sites for hydroxylation is 1. The third kappa shape index (κ3) is 3.59. The van der Waals surface area contributed by atoms with Gasteiger partial charge in [0.05, 0.1) is 4.87 Å². The lowest BCUT2D eigenvalue weighted by Gasteiger charge is -2.17. The van der Waals surface area contributed by atoms with Gasteiger partial charge in [0.2, 0.25) is 0 Å². The summed E-state index contributed by atoms with van der Waals surface area (Å²) in [6, 6.07) is 5.96. The van der Waals surface area contributed by atoms with E-state index in [1.54, 1.807) is 11.8 Å². The summed E-state index contributed by atoms with van der Waals surface area (Å²) in [5.74, 6) is 0. The highest BCUT2D eigenvalue weighted by atomic mass is 35.5. The minimum Gasteiger partial charge on any atom is -0.317 e. The first-order valence-electron chi connectivity index (χ1n) is 4.12. The molecule has 1 aromatic carbocycles. The summed E-state index contributed by atoms with van der Waals surface area (Å²) >= 11 is 7.55. The average Bonchev–Trinajstić information content (AvgIpc) is 1.94. The number of hydrogen-bond acceptors (Lipinski definition) is 2. The largest absolute Gasteiger partial charge is 0.317 e. The summed E-state index contributed by atoms with van der Waals surface area (Å²) < 4.78 is 0. The molecule has 1 aromatic rings. The summed E-state index contributed by atoms with van der Waals surface area (Å²) in [7, 11) is 0. The van der Waals surface area contributed by atoms with Crippen LogP contribution in [0.4, 0.5) is 0 Å². The second-order valence-electron chi connectivity index (χ2n) is 3.62. The molecule has 0 amide bonds. The summed E-state index contributed by atoms with van der Waals surface area (Å²) in [6.07, 6.45) is 0. The highest BCUT2D eigenvalue weighted by Crippen LogP contribution is 2.30. The fourth-order valence-corrected chi connectivity index (χ4v) is 2.08. The van der Waals surface area contributed by atoms with Crippen LogP contribution in [0.25, 0.3) is 0 Å². The van der Waals surface area contributed by atoms with Crippen LogP contribution in [0.1, 0.15) is 19.4 Å². The van der Waals surface area contributed by atoms with Crippen LogP contribution in [0.15, 0.2) is 23.1 Å². The Hall–Kier alpha value is -0.180. The lowest BCUT2D eigenvalue weighted by atomic mass is 10.2. The maximum Gasteiger partial charge on any atom is 0.0609 e. The van der Waals surface area contributed by atoms with E-state index in [1.807, 2.05) is 32.9 Å². The first kappa shape index (κ1) is 10.9. The van der Waals surface area contributed by atoms with Gasteiger partial charge in [-0.15, -0.1) is 11.8 Å². The number of thioether (sulfide) groups is 1. The third-order valence-electron chi connectivity index (χ3n) is 1.51. The zero-order chi connectivity index (χ0) is 10.1. The zero-order valence-electron chi connectivity index (χ0n) is 8.10. The van der Waals surface area contributed by atoms with Crippen molar-refractivity contribution in [2.24, 2.45) is 5.73 Å². The zero-order valence-corrected chi connectivity index (χ0v) is 9.67. The van der Waals surface area contributed by atoms with Crippen molar-refractivity contribution in [1.29, 1.82) is 0 Å². The van der Waals surface area contributed by atoms with Crippen molar-refractivity contribution in [3.63, 3.8) is 0 Å². The van der Waals surface area contributed by atoms with E-state index in [0.717, 1.165) is 15.5 Å². The van der Waals surface area contributed by atoms with Crippen molar-refractivity contribution in [1.82, 2.24) is 0 Å². The van der Waals surface area contributed by atoms with Gasteiger partial charge in [0.15, 0.2) is 0 Å². The molecule has 3 heteroatoms. The van der Waals surface area contributed by atoms with Crippen LogP contribution in [-0.2, 0) is 0 Å². The van der Waals surface area contributed by atoms with Crippen LogP contribution in [0, 0.1) is 6.92 Å². The smallest absolute Gasteiger partial charge is 0.0609 e. The van der Waals surface area contributed by atoms with Gasteiger partial charge >= 0.3 is 0 Å². The monoisotopic (exact) mass is 215 g/mol. The van der Waals surface area contributed by atoms with E-state index in [2.05, 4.69) is 6.07 Å². The molecule has 0 saturated heterocycles. The van der Waals surface area contributed by atoms with Gasteiger partial charge in [-0.05, 0) is 44.5 Å². The van der Waals surface area contributed by atoms with Gasteiger partial charge in [-0.3, -0.25) is 0 Å². The van der Waals surface area contributed by atoms with Crippen molar-refractivity contribution in [3.8, 4) is 0 Å². The molecule has 0 aliphatic rings. The SMILES string of the molecule is Cc1cc(SC(C)(C)N)ccc1Cl. The average molecular weight is 216 g/mol. The van der Waals surface area contributed by atoms with Crippen molar-refractivity contribution in [3.05, 3.63) is 28.8 Å². The van der Waals surface area contributed by atoms with E-state index < -0.39 is 0 Å². The Kier molecular flexibility index (Phi) is 3.28. The molecule has 0 atom stereocenters. The fourth-order valence-electron chi connectivity index (χ4n) is 0.984. The van der Waals surface area contributed by atoms with Crippen LogP contribution in [0.3, 0.4) is 0 Å². The predicted molar refractivity (Wildman–Crippen MR) is 60.3 cm³/mol. The number of benzene rings is 1. The van der Waals surface area contributed by atoms with Crippen molar-refractivity contribution in [2.45, 2.75) is 30.5 Å². The van der Waals surface area contributed by atoms with Crippen LogP contribution in [-0.4, -0.2) is 4.87 Å². The van der Waals surface area contributed by atoms with Crippen LogP contribution in [0.5, 0.6) is 0 Å². The Bertz CT molecular complexity index is 304. The molecule has 0 bridgehead atoms. The third-order valence-corrected chi connectivity index (χ3v) is 2.95. The molecule has 1 nitrogen and oxygen atoms in total. The summed E-state index contributed by atoms with van der Waals surface area (Å²) in [6.45, 7) is 5.97. The predicted octanol–water partition coefficient (Wildman–Crippen LogP) is 3.44. The second-order valence-corrected chi connectivity index (χ2v) is 5.75. The second kappa shape index (κ2) is 3.91. The molecular formula is C10H14ClNS. The molecule has 0 aromatic heterocycles. The lowest BCUT2D eigenvalue weighted by Crippen LogP contribution is -2.26. The Labute approximate surface area is 88.7 Å². The standard InChI is InChI=1S/C10H14ClNS/c1-7-6-8(4-5-9(7)11)13-10(2,3)12/h4-6H,12H2,1-3H3. The van der Waals surface area contributed by atoms with Crippen molar-refractivity contribution >= 4 is 23.4 Å². The summed E-state index contributed by atoms with van der Waals surface area (Å²) in [4.78, 5) is 0.926. The quantitative estimate of drug-likeness (QED) is 0.604. The molecule has 1 rings (SSSR count). The number of hydrogen-bond donors (Lipinski definition) is 1. The molecule has 0 spiro atoms. The van der Waals surface area contributed by atoms with Gasteiger partial charge in [-0.2, -0.15) is 0 Å². The van der Waals surface area contributed by atoms with Gasteiger partial charge < -0.3 is 5.73 Å². The van der Waals surface area contributed by atoms with Gasteiger partial charge in [0.1, 0.15) is 0 Å². The molecule has 0 aliphatic heterocycles. The van der Waals surface area contributed by atoms with E-state index in [4.69, 9.17) is 17.3 Å². The Morgan fingerprint density at radius 2 is 2.00 bits per heavy atom. The first-order chi connectivity index (χ1) is 5.88. The fraction of sp³-hybridized carbons (Fsp3) is 0.400. The molecule has 13 heavy (non-hydrogen) atoms. The molecule has 0 radical (unpaired) electrons. The topological polar surface area (TPSA) is 26.0 Å². The maximum absolute atomic E-state index is 5.91. The first-order valence-corrected chi connectivity index (χ1v) is 5.32. The normalized spacial score (nSPS) is 11.8. The molecule has 72 valence electrons.